The van der Waals surface area contributed by atoms with Gasteiger partial charge in [-0.3, -0.25) is 4.90 Å². The molecule has 2 aliphatic rings. The van der Waals surface area contributed by atoms with Crippen LogP contribution in [-0.4, -0.2) is 90.6 Å². The molecule has 0 saturated carbocycles. The fourth-order valence-electron chi connectivity index (χ4n) is 3.03. The standard InChI is InChI=1S/C16H32N4OS/c1-13(2)15-12-20(9-10-22-15)16(21)17-14(3)11-19-7-5-18(4)6-8-19/h13-15H,5-12H2,1-4H3,(H,17,21). The van der Waals surface area contributed by atoms with E-state index in [0.717, 1.165) is 51.6 Å². The lowest BCUT2D eigenvalue weighted by Crippen LogP contribution is -2.53. The molecule has 2 atom stereocenters. The van der Waals surface area contributed by atoms with Crippen molar-refractivity contribution in [3.8, 4) is 0 Å². The Bertz CT molecular complexity index is 358. The Morgan fingerprint density at radius 2 is 1.86 bits per heavy atom. The third-order valence-electron chi connectivity index (χ3n) is 4.62. The van der Waals surface area contributed by atoms with Gasteiger partial charge in [-0.25, -0.2) is 4.79 Å². The number of carbonyl (C=O) groups is 1. The second-order valence-corrected chi connectivity index (χ2v) is 8.40. The Morgan fingerprint density at radius 3 is 2.50 bits per heavy atom. The van der Waals surface area contributed by atoms with E-state index in [9.17, 15) is 4.79 Å². The third-order valence-corrected chi connectivity index (χ3v) is 6.16. The topological polar surface area (TPSA) is 38.8 Å². The number of nitrogens with one attached hydrogen (secondary N) is 1. The van der Waals surface area contributed by atoms with Crippen molar-refractivity contribution in [2.45, 2.75) is 32.1 Å². The summed E-state index contributed by atoms with van der Waals surface area (Å²) in [6, 6.07) is 0.329. The van der Waals surface area contributed by atoms with Gasteiger partial charge in [-0.1, -0.05) is 13.8 Å². The van der Waals surface area contributed by atoms with Crippen molar-refractivity contribution in [3.63, 3.8) is 0 Å². The second-order valence-electron chi connectivity index (χ2n) is 7.05. The molecule has 22 heavy (non-hydrogen) atoms. The first-order chi connectivity index (χ1) is 10.5. The number of urea groups is 1. The Morgan fingerprint density at radius 1 is 1.18 bits per heavy atom. The molecule has 2 saturated heterocycles. The molecular weight excluding hydrogens is 296 g/mol. The van der Waals surface area contributed by atoms with E-state index in [2.05, 4.69) is 42.9 Å². The fourth-order valence-corrected chi connectivity index (χ4v) is 4.33. The van der Waals surface area contributed by atoms with Gasteiger partial charge >= 0.3 is 6.03 Å². The molecule has 0 spiro atoms. The molecule has 2 aliphatic heterocycles. The van der Waals surface area contributed by atoms with E-state index >= 15 is 0 Å². The first-order valence-corrected chi connectivity index (χ1v) is 9.58. The van der Waals surface area contributed by atoms with E-state index < -0.39 is 0 Å². The number of nitrogens with zero attached hydrogens (tertiary/aromatic N) is 3. The van der Waals surface area contributed by atoms with Gasteiger partial charge in [0.2, 0.25) is 0 Å². The van der Waals surface area contributed by atoms with Crippen molar-refractivity contribution in [1.29, 1.82) is 0 Å². The van der Waals surface area contributed by atoms with E-state index in [4.69, 9.17) is 0 Å². The molecule has 1 N–H and O–H groups in total. The normalized spacial score (nSPS) is 26.2. The molecule has 0 aromatic heterocycles. The zero-order valence-corrected chi connectivity index (χ0v) is 15.4. The van der Waals surface area contributed by atoms with Crippen LogP contribution in [0.15, 0.2) is 0 Å². The number of likely N-dealkylation sites (N-methyl/N-ethyl adjacent to an activating group) is 1. The highest BCUT2D eigenvalue weighted by molar-refractivity contribution is 8.00. The predicted molar refractivity (Wildman–Crippen MR) is 94.6 cm³/mol. The van der Waals surface area contributed by atoms with Crippen LogP contribution < -0.4 is 5.32 Å². The minimum atomic E-state index is 0.118. The molecule has 5 nitrogen and oxygen atoms in total. The van der Waals surface area contributed by atoms with Gasteiger partial charge in [-0.15, -0.1) is 0 Å². The van der Waals surface area contributed by atoms with Crippen LogP contribution in [0.2, 0.25) is 0 Å². The highest BCUT2D eigenvalue weighted by Crippen LogP contribution is 2.24. The molecular formula is C16H32N4OS. The number of carbonyl (C=O) groups excluding carboxylic acids is 1. The minimum Gasteiger partial charge on any atom is -0.334 e. The average Bonchev–Trinajstić information content (AvgIpc) is 2.49. The van der Waals surface area contributed by atoms with E-state index in [-0.39, 0.29) is 12.1 Å². The van der Waals surface area contributed by atoms with Crippen LogP contribution in [0.5, 0.6) is 0 Å². The highest BCUT2D eigenvalue weighted by atomic mass is 32.2. The van der Waals surface area contributed by atoms with E-state index in [1.165, 1.54) is 0 Å². The van der Waals surface area contributed by atoms with E-state index in [1.54, 1.807) is 0 Å². The van der Waals surface area contributed by atoms with Crippen LogP contribution in [0.1, 0.15) is 20.8 Å². The smallest absolute Gasteiger partial charge is 0.317 e. The van der Waals surface area contributed by atoms with Gasteiger partial charge in [-0.2, -0.15) is 11.8 Å². The maximum atomic E-state index is 12.4. The summed E-state index contributed by atoms with van der Waals surface area (Å²) in [6.45, 7) is 13.8. The van der Waals surface area contributed by atoms with Gasteiger partial charge in [0.15, 0.2) is 0 Å². The Balaban J connectivity index is 1.73. The van der Waals surface area contributed by atoms with Crippen LogP contribution in [0.4, 0.5) is 4.79 Å². The van der Waals surface area contributed by atoms with Crippen LogP contribution in [0.3, 0.4) is 0 Å². The number of rotatable bonds is 4. The van der Waals surface area contributed by atoms with Crippen molar-refractivity contribution >= 4 is 17.8 Å². The molecule has 6 heteroatoms. The number of piperazine rings is 1. The Labute approximate surface area is 139 Å². The average molecular weight is 329 g/mol. The van der Waals surface area contributed by atoms with Gasteiger partial charge in [0, 0.05) is 62.9 Å². The molecule has 2 heterocycles. The van der Waals surface area contributed by atoms with Crippen molar-refractivity contribution < 1.29 is 4.79 Å². The summed E-state index contributed by atoms with van der Waals surface area (Å²) in [5.74, 6) is 1.69. The van der Waals surface area contributed by atoms with Crippen LogP contribution in [-0.2, 0) is 0 Å². The lowest BCUT2D eigenvalue weighted by atomic mass is 10.1. The van der Waals surface area contributed by atoms with Crippen molar-refractivity contribution in [1.82, 2.24) is 20.0 Å². The first-order valence-electron chi connectivity index (χ1n) is 8.53. The van der Waals surface area contributed by atoms with Crippen LogP contribution in [0, 0.1) is 5.92 Å². The Kier molecular flexibility index (Phi) is 6.84. The molecule has 2 rings (SSSR count). The lowest BCUT2D eigenvalue weighted by Gasteiger charge is -2.36. The van der Waals surface area contributed by atoms with Crippen LogP contribution >= 0.6 is 11.8 Å². The van der Waals surface area contributed by atoms with Gasteiger partial charge in [0.1, 0.15) is 0 Å². The van der Waals surface area contributed by atoms with Gasteiger partial charge in [0.25, 0.3) is 0 Å². The van der Waals surface area contributed by atoms with Gasteiger partial charge < -0.3 is 15.1 Å². The largest absolute Gasteiger partial charge is 0.334 e. The lowest BCUT2D eigenvalue weighted by molar-refractivity contribution is 0.141. The van der Waals surface area contributed by atoms with Crippen molar-refractivity contribution in [2.75, 3.05) is 58.6 Å². The summed E-state index contributed by atoms with van der Waals surface area (Å²) in [4.78, 5) is 19.3. The SMILES string of the molecule is CC(CN1CCN(C)CC1)NC(=O)N1CCSC(C(C)C)C1. The zero-order chi connectivity index (χ0) is 16.1. The van der Waals surface area contributed by atoms with E-state index in [1.807, 2.05) is 16.7 Å². The monoisotopic (exact) mass is 328 g/mol. The van der Waals surface area contributed by atoms with Crippen molar-refractivity contribution in [3.05, 3.63) is 0 Å². The van der Waals surface area contributed by atoms with Gasteiger partial charge in [-0.05, 0) is 19.9 Å². The molecule has 0 aromatic carbocycles. The number of hydrogen-bond donors (Lipinski definition) is 1. The fraction of sp³-hybridized carbons (Fsp3) is 0.938. The summed E-state index contributed by atoms with van der Waals surface area (Å²) in [7, 11) is 2.17. The third kappa shape index (κ3) is 5.32. The van der Waals surface area contributed by atoms with Crippen molar-refractivity contribution in [2.24, 2.45) is 5.92 Å². The summed E-state index contributed by atoms with van der Waals surface area (Å²) < 4.78 is 0. The minimum absolute atomic E-state index is 0.118. The number of thioether (sulfide) groups is 1. The molecule has 2 unspecified atom stereocenters. The number of hydrogen-bond acceptors (Lipinski definition) is 4. The van der Waals surface area contributed by atoms with Gasteiger partial charge in [0.05, 0.1) is 0 Å². The summed E-state index contributed by atoms with van der Waals surface area (Å²) >= 11 is 2.01. The summed E-state index contributed by atoms with van der Waals surface area (Å²) in [5, 5.41) is 3.77. The van der Waals surface area contributed by atoms with Crippen LogP contribution in [0.25, 0.3) is 0 Å². The maximum absolute atomic E-state index is 12.4. The molecule has 0 bridgehead atoms. The molecule has 0 aromatic rings. The molecule has 2 amide bonds. The maximum Gasteiger partial charge on any atom is 0.317 e. The van der Waals surface area contributed by atoms with E-state index in [0.29, 0.717) is 11.2 Å². The molecule has 128 valence electrons. The molecule has 2 fully saturated rings. The summed E-state index contributed by atoms with van der Waals surface area (Å²) in [5.41, 5.74) is 0. The first kappa shape index (κ1) is 17.9. The quantitative estimate of drug-likeness (QED) is 0.847. The Hall–Kier alpha value is -0.460. The second kappa shape index (κ2) is 8.41. The zero-order valence-electron chi connectivity index (χ0n) is 14.5. The number of amides is 2. The molecule has 0 aliphatic carbocycles. The predicted octanol–water partition coefficient (Wildman–Crippen LogP) is 1.41. The highest BCUT2D eigenvalue weighted by Gasteiger charge is 2.27. The molecule has 0 radical (unpaired) electrons. The summed E-state index contributed by atoms with van der Waals surface area (Å²) in [6.07, 6.45) is 0.